The van der Waals surface area contributed by atoms with E-state index in [1.807, 2.05) is 66.7 Å². The summed E-state index contributed by atoms with van der Waals surface area (Å²) in [7, 11) is 0. The van der Waals surface area contributed by atoms with Crippen molar-refractivity contribution in [3.63, 3.8) is 0 Å². The van der Waals surface area contributed by atoms with Gasteiger partial charge in [-0.3, -0.25) is 4.79 Å². The van der Waals surface area contributed by atoms with E-state index in [0.29, 0.717) is 132 Å². The van der Waals surface area contributed by atoms with Crippen molar-refractivity contribution >= 4 is 11.6 Å². The SMILES string of the molecule is CCCCCCCCCCCCOc1ccc(-c2nnc(-c3cc(NC(=O)c4cc(OCCCCCCCCCCCC)c(OCCCCCCCCCCCC)c(OCCCCCCCCCCCC)c4)cc(-c4nnc(-c5ccc(OCCCCCCCCCCCC)c(OCCCCCCCCCCCC)c5)o4)c3)o2)cc1OCCCCCCCCCCCC. The van der Waals surface area contributed by atoms with E-state index in [4.69, 9.17) is 62.4 Å². The third-order valence-corrected chi connectivity index (χ3v) is 25.5. The second-order valence-corrected chi connectivity index (χ2v) is 37.4. The summed E-state index contributed by atoms with van der Waals surface area (Å²) in [5.41, 5.74) is 3.30. The number of anilines is 1. The number of hydrogen-bond acceptors (Lipinski definition) is 14. The van der Waals surface area contributed by atoms with Crippen LogP contribution in [0.2, 0.25) is 0 Å². The van der Waals surface area contributed by atoms with Gasteiger partial charge in [0.25, 0.3) is 5.91 Å². The second-order valence-electron chi connectivity index (χ2n) is 37.4. The molecule has 0 saturated heterocycles. The van der Waals surface area contributed by atoms with Crippen LogP contribution in [-0.4, -0.2) is 72.6 Å². The van der Waals surface area contributed by atoms with Crippen molar-refractivity contribution in [1.29, 1.82) is 0 Å². The Morgan fingerprint density at radius 3 is 0.664 bits per heavy atom. The standard InChI is InChI=1S/C113H187N5O10/c1-8-15-22-29-36-43-50-57-64-71-82-120-102-80-78-96(92-104(102)122-84-73-66-59-52-45-38-31-24-17-10-3)110-115-117-112(127-110)99-89-100(113-118-116-111(128-113)97-79-81-103(121-83-72-65-58-51-44-37-30-23-16-9-2)105(93-97)123-85-74-67-60-53-46-39-32-25-18-11-4)91-101(90-99)114-109(119)98-94-106(124-86-75-68-61-54-47-40-33-26-19-12-5)108(126-88-77-70-63-56-49-42-35-28-21-14-7)107(95-98)125-87-76-69-62-55-48-41-34-27-20-13-6/h78-81,89-95H,8-77,82-88H2,1-7H3,(H,114,119). The average Bonchev–Trinajstić information content (AvgIpc) is 1.61. The van der Waals surface area contributed by atoms with Crippen LogP contribution in [-0.2, 0) is 0 Å². The van der Waals surface area contributed by atoms with Crippen LogP contribution in [0.1, 0.15) is 508 Å². The topological polar surface area (TPSA) is 172 Å². The maximum Gasteiger partial charge on any atom is 0.255 e. The molecule has 6 rings (SSSR count). The molecule has 15 nitrogen and oxygen atoms in total. The Hall–Kier alpha value is -6.77. The molecule has 0 spiro atoms. The number of unbranched alkanes of at least 4 members (excludes halogenated alkanes) is 63. The number of nitrogens with one attached hydrogen (secondary N) is 1. The van der Waals surface area contributed by atoms with Crippen molar-refractivity contribution in [3.05, 3.63) is 72.3 Å². The van der Waals surface area contributed by atoms with Gasteiger partial charge in [0.15, 0.2) is 34.5 Å². The van der Waals surface area contributed by atoms with Gasteiger partial charge in [-0.25, -0.2) is 0 Å². The zero-order chi connectivity index (χ0) is 90.5. The highest BCUT2D eigenvalue weighted by Gasteiger charge is 2.24. The molecule has 0 unspecified atom stereocenters. The quantitative estimate of drug-likeness (QED) is 0.0358. The number of benzene rings is 4. The molecule has 0 saturated carbocycles. The number of ether oxygens (including phenoxy) is 7. The Kier molecular flexibility index (Phi) is 65.9. The predicted octanol–water partition coefficient (Wildman–Crippen LogP) is 36.5. The first kappa shape index (κ1) is 110. The number of carbonyl (C=O) groups excluding carboxylic acids is 1. The number of carbonyl (C=O) groups is 1. The van der Waals surface area contributed by atoms with Crippen LogP contribution in [0, 0.1) is 0 Å². The molecular weight excluding hydrogens is 1590 g/mol. The van der Waals surface area contributed by atoms with E-state index >= 15 is 4.79 Å². The Labute approximate surface area is 782 Å². The van der Waals surface area contributed by atoms with Crippen LogP contribution in [0.15, 0.2) is 75.6 Å². The number of hydrogen-bond donors (Lipinski definition) is 1. The molecule has 2 aromatic heterocycles. The monoisotopic (exact) mass is 1770 g/mol. The van der Waals surface area contributed by atoms with Crippen molar-refractivity contribution in [2.24, 2.45) is 0 Å². The largest absolute Gasteiger partial charge is 0.490 e. The lowest BCUT2D eigenvalue weighted by atomic mass is 10.1. The predicted molar refractivity (Wildman–Crippen MR) is 540 cm³/mol. The first-order chi connectivity index (χ1) is 63.3. The summed E-state index contributed by atoms with van der Waals surface area (Å²) in [5.74, 6) is 5.10. The van der Waals surface area contributed by atoms with Gasteiger partial charge in [-0.15, -0.1) is 20.4 Å². The molecule has 128 heavy (non-hydrogen) atoms. The molecule has 0 fully saturated rings. The molecule has 2 heterocycles. The molecule has 6 aromatic rings. The summed E-state index contributed by atoms with van der Waals surface area (Å²) in [4.78, 5) is 15.5. The van der Waals surface area contributed by atoms with Crippen LogP contribution in [0.4, 0.5) is 5.69 Å². The van der Waals surface area contributed by atoms with Crippen molar-refractivity contribution in [2.45, 2.75) is 498 Å². The van der Waals surface area contributed by atoms with Crippen LogP contribution in [0.25, 0.3) is 45.8 Å². The fourth-order valence-corrected chi connectivity index (χ4v) is 17.3. The van der Waals surface area contributed by atoms with Gasteiger partial charge in [0, 0.05) is 33.5 Å². The van der Waals surface area contributed by atoms with Crippen molar-refractivity contribution in [3.8, 4) is 86.1 Å². The molecule has 0 aliphatic carbocycles. The van der Waals surface area contributed by atoms with Gasteiger partial charge in [0.05, 0.1) is 46.2 Å². The molecule has 0 bridgehead atoms. The molecule has 0 aliphatic rings. The maximum absolute atomic E-state index is 15.5. The Balaban J connectivity index is 1.35. The third-order valence-electron chi connectivity index (χ3n) is 25.5. The second kappa shape index (κ2) is 76.7. The summed E-state index contributed by atoms with van der Waals surface area (Å²) < 4.78 is 60.5. The fourth-order valence-electron chi connectivity index (χ4n) is 17.3. The smallest absolute Gasteiger partial charge is 0.255 e. The van der Waals surface area contributed by atoms with E-state index in [1.54, 1.807) is 0 Å². The summed E-state index contributed by atoms with van der Waals surface area (Å²) >= 11 is 0. The fraction of sp³-hybridized carbons (Fsp3) is 0.743. The summed E-state index contributed by atoms with van der Waals surface area (Å²) in [6.45, 7) is 19.9. The lowest BCUT2D eigenvalue weighted by Gasteiger charge is -2.19. The molecule has 0 aliphatic heterocycles. The van der Waals surface area contributed by atoms with Crippen LogP contribution in [0.3, 0.4) is 0 Å². The van der Waals surface area contributed by atoms with Crippen LogP contribution in [0.5, 0.6) is 40.2 Å². The third kappa shape index (κ3) is 51.3. The number of aromatic nitrogens is 4. The zero-order valence-electron chi connectivity index (χ0n) is 83.2. The Morgan fingerprint density at radius 1 is 0.219 bits per heavy atom. The van der Waals surface area contributed by atoms with Gasteiger partial charge in [-0.2, -0.15) is 0 Å². The number of rotatable bonds is 90. The molecule has 0 radical (unpaired) electrons. The average molecular weight is 1780 g/mol. The minimum atomic E-state index is -0.360. The van der Waals surface area contributed by atoms with Gasteiger partial charge < -0.3 is 47.3 Å². The van der Waals surface area contributed by atoms with E-state index in [0.717, 1.165) is 89.9 Å². The van der Waals surface area contributed by atoms with Gasteiger partial charge in [0.1, 0.15) is 0 Å². The normalized spacial score (nSPS) is 11.5. The van der Waals surface area contributed by atoms with E-state index in [2.05, 4.69) is 53.8 Å². The maximum atomic E-state index is 15.5. The molecule has 15 heteroatoms. The van der Waals surface area contributed by atoms with Crippen LogP contribution >= 0.6 is 0 Å². The number of amides is 1. The zero-order valence-corrected chi connectivity index (χ0v) is 83.2. The lowest BCUT2D eigenvalue weighted by Crippen LogP contribution is -2.14. The molecule has 1 amide bonds. The van der Waals surface area contributed by atoms with E-state index in [1.165, 1.54) is 360 Å². The van der Waals surface area contributed by atoms with E-state index < -0.39 is 0 Å². The minimum absolute atomic E-state index is 0.234. The highest BCUT2D eigenvalue weighted by molar-refractivity contribution is 6.05. The first-order valence-electron chi connectivity index (χ1n) is 54.3. The van der Waals surface area contributed by atoms with Crippen molar-refractivity contribution in [1.82, 2.24) is 20.4 Å². The molecule has 1 N–H and O–H groups in total. The van der Waals surface area contributed by atoms with Crippen LogP contribution < -0.4 is 38.5 Å². The summed E-state index contributed by atoms with van der Waals surface area (Å²) in [6.07, 6.45) is 86.7. The lowest BCUT2D eigenvalue weighted by molar-refractivity contribution is 0.102. The van der Waals surface area contributed by atoms with E-state index in [9.17, 15) is 0 Å². The van der Waals surface area contributed by atoms with Gasteiger partial charge in [-0.1, -0.05) is 453 Å². The Morgan fingerprint density at radius 2 is 0.422 bits per heavy atom. The van der Waals surface area contributed by atoms with Gasteiger partial charge in [0.2, 0.25) is 29.3 Å². The molecule has 724 valence electrons. The van der Waals surface area contributed by atoms with Gasteiger partial charge >= 0.3 is 0 Å². The van der Waals surface area contributed by atoms with E-state index in [-0.39, 0.29) is 17.7 Å². The Bertz CT molecular complexity index is 3400. The highest BCUT2D eigenvalue weighted by atomic mass is 16.5. The number of nitrogens with zero attached hydrogens (tertiary/aromatic N) is 4. The van der Waals surface area contributed by atoms with Crippen molar-refractivity contribution in [2.75, 3.05) is 51.6 Å². The molecular formula is C113H187N5O10. The van der Waals surface area contributed by atoms with Gasteiger partial charge in [-0.05, 0) is 112 Å². The minimum Gasteiger partial charge on any atom is -0.490 e. The van der Waals surface area contributed by atoms with Crippen molar-refractivity contribution < 1.29 is 46.8 Å². The highest BCUT2D eigenvalue weighted by Crippen LogP contribution is 2.42. The summed E-state index contributed by atoms with van der Waals surface area (Å²) in [5, 5.41) is 22.3. The molecule has 0 atom stereocenters. The molecule has 4 aromatic carbocycles. The summed E-state index contributed by atoms with van der Waals surface area (Å²) in [6, 6.07) is 21.2. The first-order valence-corrected chi connectivity index (χ1v) is 54.3.